The van der Waals surface area contributed by atoms with Gasteiger partial charge in [0.2, 0.25) is 0 Å². The van der Waals surface area contributed by atoms with Gasteiger partial charge in [-0.2, -0.15) is 0 Å². The van der Waals surface area contributed by atoms with Gasteiger partial charge in [-0.1, -0.05) is 32.0 Å². The maximum absolute atomic E-state index is 12.4. The number of nitrogens with one attached hydrogen (secondary N) is 1. The van der Waals surface area contributed by atoms with Crippen molar-refractivity contribution < 1.29 is 4.79 Å². The zero-order valence-electron chi connectivity index (χ0n) is 12.2. The monoisotopic (exact) mass is 271 g/mol. The van der Waals surface area contributed by atoms with Crippen molar-refractivity contribution in [1.82, 2.24) is 10.3 Å². The first-order chi connectivity index (χ1) is 9.47. The van der Waals surface area contributed by atoms with E-state index in [-0.39, 0.29) is 11.9 Å². The lowest BCUT2D eigenvalue weighted by atomic mass is 10.0. The topological polar surface area (TPSA) is 68.0 Å². The molecule has 1 amide bonds. The second-order valence-electron chi connectivity index (χ2n) is 5.62. The first-order valence-corrected chi connectivity index (χ1v) is 6.93. The summed E-state index contributed by atoms with van der Waals surface area (Å²) in [6.07, 6.45) is 0.949. The maximum atomic E-state index is 12.4. The van der Waals surface area contributed by atoms with Crippen molar-refractivity contribution >= 4 is 22.6 Å². The smallest absolute Gasteiger partial charge is 0.252 e. The van der Waals surface area contributed by atoms with Gasteiger partial charge in [-0.05, 0) is 31.4 Å². The summed E-state index contributed by atoms with van der Waals surface area (Å²) in [6.45, 7) is 6.30. The lowest BCUT2D eigenvalue weighted by Crippen LogP contribution is -2.33. The molecule has 0 aliphatic carbocycles. The van der Waals surface area contributed by atoms with Gasteiger partial charge in [-0.25, -0.2) is 4.98 Å². The fourth-order valence-electron chi connectivity index (χ4n) is 2.45. The average Bonchev–Trinajstić information content (AvgIpc) is 2.36. The van der Waals surface area contributed by atoms with Crippen LogP contribution in [0.25, 0.3) is 10.9 Å². The molecule has 0 spiro atoms. The van der Waals surface area contributed by atoms with Crippen molar-refractivity contribution in [3.05, 3.63) is 35.9 Å². The van der Waals surface area contributed by atoms with Crippen molar-refractivity contribution in [2.45, 2.75) is 33.2 Å². The number of pyridine rings is 1. The minimum atomic E-state index is -0.0940. The Balaban J connectivity index is 2.30. The van der Waals surface area contributed by atoms with Crippen LogP contribution in [-0.4, -0.2) is 16.9 Å². The summed E-state index contributed by atoms with van der Waals surface area (Å²) in [7, 11) is 0. The van der Waals surface area contributed by atoms with E-state index in [0.717, 1.165) is 17.3 Å². The number of nitrogen functional groups attached to an aromatic ring is 1. The molecule has 2 rings (SSSR count). The molecule has 0 aliphatic rings. The molecule has 4 nitrogen and oxygen atoms in total. The number of nitrogens with two attached hydrogens (primary N) is 1. The first-order valence-electron chi connectivity index (χ1n) is 6.93. The van der Waals surface area contributed by atoms with Crippen LogP contribution in [0.15, 0.2) is 30.3 Å². The third kappa shape index (κ3) is 3.26. The van der Waals surface area contributed by atoms with Crippen molar-refractivity contribution in [3.8, 4) is 0 Å². The number of anilines is 1. The molecular weight excluding hydrogens is 250 g/mol. The molecule has 1 aromatic heterocycles. The molecular formula is C16H21N3O. The third-order valence-corrected chi connectivity index (χ3v) is 3.18. The van der Waals surface area contributed by atoms with Gasteiger partial charge in [0.25, 0.3) is 5.91 Å². The Kier molecular flexibility index (Phi) is 4.23. The molecule has 1 heterocycles. The molecule has 0 saturated heterocycles. The van der Waals surface area contributed by atoms with Gasteiger partial charge in [0.05, 0.1) is 11.1 Å². The summed E-state index contributed by atoms with van der Waals surface area (Å²) in [5, 5.41) is 3.85. The summed E-state index contributed by atoms with van der Waals surface area (Å²) in [4.78, 5) is 16.7. The number of aromatic nitrogens is 1. The molecule has 106 valence electrons. The standard InChI is InChI=1S/C16H21N3O/c1-10(2)8-11(3)18-16(20)13-9-15(17)19-14-7-5-4-6-12(13)14/h4-7,9-11H,8H2,1-3H3,(H2,17,19)(H,18,20). The molecule has 0 aliphatic heterocycles. The van der Waals surface area contributed by atoms with E-state index in [4.69, 9.17) is 5.73 Å². The van der Waals surface area contributed by atoms with Crippen LogP contribution in [-0.2, 0) is 0 Å². The van der Waals surface area contributed by atoms with Crippen LogP contribution in [0.5, 0.6) is 0 Å². The van der Waals surface area contributed by atoms with E-state index in [2.05, 4.69) is 24.1 Å². The highest BCUT2D eigenvalue weighted by Gasteiger charge is 2.14. The molecule has 0 radical (unpaired) electrons. The van der Waals surface area contributed by atoms with Crippen molar-refractivity contribution in [2.75, 3.05) is 5.73 Å². The third-order valence-electron chi connectivity index (χ3n) is 3.18. The number of nitrogens with zero attached hydrogens (tertiary/aromatic N) is 1. The normalized spacial score (nSPS) is 12.6. The highest BCUT2D eigenvalue weighted by Crippen LogP contribution is 2.19. The van der Waals surface area contributed by atoms with Crippen LogP contribution in [0.4, 0.5) is 5.82 Å². The first kappa shape index (κ1) is 14.3. The highest BCUT2D eigenvalue weighted by atomic mass is 16.1. The molecule has 20 heavy (non-hydrogen) atoms. The van der Waals surface area contributed by atoms with E-state index >= 15 is 0 Å². The van der Waals surface area contributed by atoms with Gasteiger partial charge in [0.1, 0.15) is 5.82 Å². The van der Waals surface area contributed by atoms with Gasteiger partial charge in [-0.15, -0.1) is 0 Å². The molecule has 0 bridgehead atoms. The van der Waals surface area contributed by atoms with Gasteiger partial charge >= 0.3 is 0 Å². The fourth-order valence-corrected chi connectivity index (χ4v) is 2.45. The lowest BCUT2D eigenvalue weighted by molar-refractivity contribution is 0.0938. The Labute approximate surface area is 119 Å². The molecule has 1 atom stereocenters. The predicted molar refractivity (Wildman–Crippen MR) is 82.5 cm³/mol. The number of hydrogen-bond donors (Lipinski definition) is 2. The summed E-state index contributed by atoms with van der Waals surface area (Å²) >= 11 is 0. The minimum Gasteiger partial charge on any atom is -0.384 e. The van der Waals surface area contributed by atoms with Crippen molar-refractivity contribution in [3.63, 3.8) is 0 Å². The SMILES string of the molecule is CC(C)CC(C)NC(=O)c1cc(N)nc2ccccc12. The van der Waals surface area contributed by atoms with Crippen LogP contribution in [0.1, 0.15) is 37.6 Å². The zero-order valence-corrected chi connectivity index (χ0v) is 12.2. The van der Waals surface area contributed by atoms with Crippen LogP contribution in [0.2, 0.25) is 0 Å². The quantitative estimate of drug-likeness (QED) is 0.898. The van der Waals surface area contributed by atoms with Gasteiger partial charge < -0.3 is 11.1 Å². The summed E-state index contributed by atoms with van der Waals surface area (Å²) in [5.74, 6) is 0.818. The number of rotatable bonds is 4. The molecule has 1 unspecified atom stereocenters. The number of fused-ring (bicyclic) bond motifs is 1. The summed E-state index contributed by atoms with van der Waals surface area (Å²) < 4.78 is 0. The van der Waals surface area contributed by atoms with Crippen LogP contribution in [0.3, 0.4) is 0 Å². The second kappa shape index (κ2) is 5.90. The Morgan fingerprint density at radius 1 is 1.30 bits per heavy atom. The average molecular weight is 271 g/mol. The van der Waals surface area contributed by atoms with E-state index in [9.17, 15) is 4.79 Å². The Morgan fingerprint density at radius 2 is 2.00 bits per heavy atom. The number of hydrogen-bond acceptors (Lipinski definition) is 3. The summed E-state index contributed by atoms with van der Waals surface area (Å²) in [6, 6.07) is 9.31. The van der Waals surface area contributed by atoms with Crippen LogP contribution >= 0.6 is 0 Å². The highest BCUT2D eigenvalue weighted by molar-refractivity contribution is 6.06. The number of carbonyl (C=O) groups is 1. The Hall–Kier alpha value is -2.10. The Bertz CT molecular complexity index is 622. The maximum Gasteiger partial charge on any atom is 0.252 e. The Morgan fingerprint density at radius 3 is 2.70 bits per heavy atom. The second-order valence-corrected chi connectivity index (χ2v) is 5.62. The van der Waals surface area contributed by atoms with E-state index in [0.29, 0.717) is 17.3 Å². The zero-order chi connectivity index (χ0) is 14.7. The van der Waals surface area contributed by atoms with Gasteiger partial charge in [-0.3, -0.25) is 4.79 Å². The molecule has 0 saturated carbocycles. The number of benzene rings is 1. The molecule has 0 fully saturated rings. The molecule has 3 N–H and O–H groups in total. The number of para-hydroxylation sites is 1. The van der Waals surface area contributed by atoms with Gasteiger partial charge in [0, 0.05) is 11.4 Å². The molecule has 1 aromatic carbocycles. The van der Waals surface area contributed by atoms with E-state index in [1.165, 1.54) is 0 Å². The lowest BCUT2D eigenvalue weighted by Gasteiger charge is -2.16. The van der Waals surface area contributed by atoms with Crippen LogP contribution in [0, 0.1) is 5.92 Å². The van der Waals surface area contributed by atoms with Gasteiger partial charge in [0.15, 0.2) is 0 Å². The predicted octanol–water partition coefficient (Wildman–Crippen LogP) is 2.98. The fraction of sp³-hybridized carbons (Fsp3) is 0.375. The van der Waals surface area contributed by atoms with Crippen LogP contribution < -0.4 is 11.1 Å². The largest absolute Gasteiger partial charge is 0.384 e. The van der Waals surface area contributed by atoms with Crippen molar-refractivity contribution in [2.24, 2.45) is 5.92 Å². The molecule has 4 heteroatoms. The van der Waals surface area contributed by atoms with E-state index in [1.807, 2.05) is 31.2 Å². The van der Waals surface area contributed by atoms with E-state index in [1.54, 1.807) is 6.07 Å². The van der Waals surface area contributed by atoms with E-state index < -0.39 is 0 Å². The van der Waals surface area contributed by atoms with Crippen molar-refractivity contribution in [1.29, 1.82) is 0 Å². The number of amides is 1. The number of carbonyl (C=O) groups excluding carboxylic acids is 1. The summed E-state index contributed by atoms with van der Waals surface area (Å²) in [5.41, 5.74) is 7.11. The molecule has 2 aromatic rings. The minimum absolute atomic E-state index is 0.0940.